The van der Waals surface area contributed by atoms with Gasteiger partial charge in [-0.3, -0.25) is 0 Å². The quantitative estimate of drug-likeness (QED) is 0.873. The Morgan fingerprint density at radius 3 is 2.68 bits per heavy atom. The van der Waals surface area contributed by atoms with Gasteiger partial charge >= 0.3 is 0 Å². The van der Waals surface area contributed by atoms with E-state index in [1.807, 2.05) is 0 Å². The molecule has 0 bridgehead atoms. The van der Waals surface area contributed by atoms with Gasteiger partial charge in [-0.15, -0.1) is 0 Å². The third kappa shape index (κ3) is 4.05. The van der Waals surface area contributed by atoms with Crippen LogP contribution >= 0.6 is 0 Å². The summed E-state index contributed by atoms with van der Waals surface area (Å²) in [5.41, 5.74) is 2.74. The lowest BCUT2D eigenvalue weighted by molar-refractivity contribution is 0.158. The molecule has 0 radical (unpaired) electrons. The fourth-order valence-corrected chi connectivity index (χ4v) is 3.07. The van der Waals surface area contributed by atoms with Crippen LogP contribution in [-0.2, 0) is 0 Å². The van der Waals surface area contributed by atoms with Crippen molar-refractivity contribution in [1.82, 2.24) is 10.2 Å². The average molecular weight is 260 g/mol. The minimum Gasteiger partial charge on any atom is -0.312 e. The summed E-state index contributed by atoms with van der Waals surface area (Å²) in [4.78, 5) is 2.64. The fraction of sp³-hybridized carbons (Fsp3) is 0.647. The number of hydrogen-bond acceptors (Lipinski definition) is 2. The Bertz CT molecular complexity index is 371. The van der Waals surface area contributed by atoms with Crippen LogP contribution in [0.25, 0.3) is 0 Å². The molecule has 1 heterocycles. The van der Waals surface area contributed by atoms with Crippen LogP contribution in [0.5, 0.6) is 0 Å². The smallest absolute Gasteiger partial charge is 0.0446 e. The van der Waals surface area contributed by atoms with Crippen LogP contribution in [0.1, 0.15) is 43.4 Å². The van der Waals surface area contributed by atoms with Crippen LogP contribution in [0.2, 0.25) is 0 Å². The molecule has 2 atom stereocenters. The van der Waals surface area contributed by atoms with Crippen LogP contribution in [0.4, 0.5) is 0 Å². The van der Waals surface area contributed by atoms with Gasteiger partial charge in [0, 0.05) is 19.1 Å². The van der Waals surface area contributed by atoms with Gasteiger partial charge in [-0.25, -0.2) is 0 Å². The largest absolute Gasteiger partial charge is 0.312 e. The van der Waals surface area contributed by atoms with Gasteiger partial charge in [0.25, 0.3) is 0 Å². The maximum Gasteiger partial charge on any atom is 0.0446 e. The van der Waals surface area contributed by atoms with Crippen molar-refractivity contribution >= 4 is 0 Å². The molecule has 0 aliphatic carbocycles. The molecular formula is C17H28N2. The number of hydrogen-bond donors (Lipinski definition) is 1. The highest BCUT2D eigenvalue weighted by atomic mass is 15.2. The fourth-order valence-electron chi connectivity index (χ4n) is 3.07. The third-order valence-corrected chi connectivity index (χ3v) is 4.45. The zero-order valence-corrected chi connectivity index (χ0v) is 12.7. The Morgan fingerprint density at radius 1 is 1.32 bits per heavy atom. The number of benzene rings is 1. The predicted molar refractivity (Wildman–Crippen MR) is 82.4 cm³/mol. The van der Waals surface area contributed by atoms with Crippen molar-refractivity contribution in [1.29, 1.82) is 0 Å². The van der Waals surface area contributed by atoms with E-state index in [1.54, 1.807) is 0 Å². The maximum atomic E-state index is 3.48. The van der Waals surface area contributed by atoms with Gasteiger partial charge in [-0.05, 0) is 44.8 Å². The first kappa shape index (κ1) is 14.5. The summed E-state index contributed by atoms with van der Waals surface area (Å²) in [5.74, 6) is 0.907. The van der Waals surface area contributed by atoms with Crippen LogP contribution in [0, 0.1) is 12.8 Å². The normalized spacial score (nSPS) is 22.4. The second-order valence-electron chi connectivity index (χ2n) is 5.93. The van der Waals surface area contributed by atoms with Gasteiger partial charge in [0.05, 0.1) is 0 Å². The van der Waals surface area contributed by atoms with Crippen molar-refractivity contribution in [3.8, 4) is 0 Å². The van der Waals surface area contributed by atoms with E-state index in [-0.39, 0.29) is 0 Å². The van der Waals surface area contributed by atoms with Crippen LogP contribution < -0.4 is 5.32 Å². The molecule has 0 aromatic heterocycles. The van der Waals surface area contributed by atoms with E-state index in [0.29, 0.717) is 6.04 Å². The number of likely N-dealkylation sites (N-methyl/N-ethyl adjacent to an activating group) is 1. The highest BCUT2D eigenvalue weighted by Crippen LogP contribution is 2.22. The van der Waals surface area contributed by atoms with Crippen LogP contribution in [0.15, 0.2) is 24.3 Å². The molecule has 2 unspecified atom stereocenters. The number of aryl methyl sites for hydroxylation is 1. The number of piperidine rings is 1. The Balaban J connectivity index is 1.96. The lowest BCUT2D eigenvalue weighted by atomic mass is 9.94. The van der Waals surface area contributed by atoms with E-state index >= 15 is 0 Å². The molecule has 0 amide bonds. The van der Waals surface area contributed by atoms with E-state index in [9.17, 15) is 0 Å². The Hall–Kier alpha value is -0.860. The van der Waals surface area contributed by atoms with Crippen molar-refractivity contribution in [3.05, 3.63) is 35.4 Å². The van der Waals surface area contributed by atoms with E-state index in [4.69, 9.17) is 0 Å². The zero-order valence-electron chi connectivity index (χ0n) is 12.7. The molecule has 1 aliphatic rings. The topological polar surface area (TPSA) is 15.3 Å². The lowest BCUT2D eigenvalue weighted by Gasteiger charge is -2.34. The standard InChI is InChI=1S/C17H28N2/c1-4-15-6-5-11-19(12-15)13-17(18-3)16-9-7-14(2)8-10-16/h7-10,15,17-18H,4-6,11-13H2,1-3H3. The monoisotopic (exact) mass is 260 g/mol. The molecule has 1 aromatic carbocycles. The van der Waals surface area contributed by atoms with E-state index in [2.05, 4.69) is 55.4 Å². The highest BCUT2D eigenvalue weighted by molar-refractivity contribution is 5.24. The molecule has 2 nitrogen and oxygen atoms in total. The van der Waals surface area contributed by atoms with Gasteiger partial charge in [-0.2, -0.15) is 0 Å². The SMILES string of the molecule is CCC1CCCN(CC(NC)c2ccc(C)cc2)C1. The number of nitrogens with one attached hydrogen (secondary N) is 1. The average Bonchev–Trinajstić information content (AvgIpc) is 2.46. The highest BCUT2D eigenvalue weighted by Gasteiger charge is 2.21. The zero-order chi connectivity index (χ0) is 13.7. The minimum absolute atomic E-state index is 0.455. The van der Waals surface area contributed by atoms with E-state index in [0.717, 1.165) is 12.5 Å². The molecule has 1 aliphatic heterocycles. The van der Waals surface area contributed by atoms with E-state index < -0.39 is 0 Å². The first-order valence-electron chi connectivity index (χ1n) is 7.69. The molecule has 2 rings (SSSR count). The predicted octanol–water partition coefficient (Wildman–Crippen LogP) is 3.38. The summed E-state index contributed by atoms with van der Waals surface area (Å²) in [7, 11) is 2.08. The van der Waals surface area contributed by atoms with Gasteiger partial charge in [0.2, 0.25) is 0 Å². The van der Waals surface area contributed by atoms with Gasteiger partial charge in [0.15, 0.2) is 0 Å². The Labute approximate surface area is 118 Å². The van der Waals surface area contributed by atoms with E-state index in [1.165, 1.54) is 43.5 Å². The molecular weight excluding hydrogens is 232 g/mol. The number of rotatable bonds is 5. The maximum absolute atomic E-state index is 3.48. The lowest BCUT2D eigenvalue weighted by Crippen LogP contribution is -2.40. The van der Waals surface area contributed by atoms with Crippen molar-refractivity contribution in [2.45, 2.75) is 39.2 Å². The molecule has 1 aromatic rings. The molecule has 0 saturated carbocycles. The summed E-state index contributed by atoms with van der Waals surface area (Å²) < 4.78 is 0. The first-order chi connectivity index (χ1) is 9.22. The first-order valence-corrected chi connectivity index (χ1v) is 7.69. The van der Waals surface area contributed by atoms with Crippen molar-refractivity contribution in [2.75, 3.05) is 26.7 Å². The molecule has 1 saturated heterocycles. The molecule has 1 fully saturated rings. The summed E-state index contributed by atoms with van der Waals surface area (Å²) in [6.07, 6.45) is 4.11. The third-order valence-electron chi connectivity index (χ3n) is 4.45. The second kappa shape index (κ2) is 7.06. The Morgan fingerprint density at radius 2 is 2.05 bits per heavy atom. The minimum atomic E-state index is 0.455. The van der Waals surface area contributed by atoms with Gasteiger partial charge < -0.3 is 10.2 Å². The summed E-state index contributed by atoms with van der Waals surface area (Å²) in [5, 5.41) is 3.48. The van der Waals surface area contributed by atoms with Gasteiger partial charge in [-0.1, -0.05) is 43.2 Å². The summed E-state index contributed by atoms with van der Waals surface area (Å²) in [6, 6.07) is 9.40. The number of nitrogens with zero attached hydrogens (tertiary/aromatic N) is 1. The molecule has 1 N–H and O–H groups in total. The second-order valence-corrected chi connectivity index (χ2v) is 5.93. The molecule has 0 spiro atoms. The van der Waals surface area contributed by atoms with Gasteiger partial charge in [0.1, 0.15) is 0 Å². The van der Waals surface area contributed by atoms with Crippen LogP contribution in [-0.4, -0.2) is 31.6 Å². The van der Waals surface area contributed by atoms with Crippen LogP contribution in [0.3, 0.4) is 0 Å². The molecule has 2 heteroatoms. The summed E-state index contributed by atoms with van der Waals surface area (Å²) in [6.45, 7) is 8.15. The van der Waals surface area contributed by atoms with Crippen molar-refractivity contribution in [2.24, 2.45) is 5.92 Å². The van der Waals surface area contributed by atoms with Crippen molar-refractivity contribution < 1.29 is 0 Å². The molecule has 106 valence electrons. The Kier molecular flexibility index (Phi) is 5.41. The number of likely N-dealkylation sites (tertiary alicyclic amines) is 1. The van der Waals surface area contributed by atoms with Crippen molar-refractivity contribution in [3.63, 3.8) is 0 Å². The summed E-state index contributed by atoms with van der Waals surface area (Å²) >= 11 is 0. The molecule has 19 heavy (non-hydrogen) atoms.